The van der Waals surface area contributed by atoms with E-state index in [4.69, 9.17) is 16.0 Å². The van der Waals surface area contributed by atoms with Gasteiger partial charge in [-0.1, -0.05) is 54.1 Å². The van der Waals surface area contributed by atoms with Gasteiger partial charge in [0.1, 0.15) is 11.6 Å². The molecule has 0 bridgehead atoms. The molecule has 28 heavy (non-hydrogen) atoms. The number of carbonyl (C=O) groups excluding carboxylic acids is 1. The second kappa shape index (κ2) is 7.87. The lowest BCUT2D eigenvalue weighted by molar-refractivity contribution is 0.0718. The molecule has 0 fully saturated rings. The number of fused-ring (bicyclic) bond motifs is 1. The van der Waals surface area contributed by atoms with E-state index in [1.807, 2.05) is 36.4 Å². The minimum atomic E-state index is -0.442. The van der Waals surface area contributed by atoms with Crippen molar-refractivity contribution in [2.24, 2.45) is 0 Å². The summed E-state index contributed by atoms with van der Waals surface area (Å²) in [7, 11) is 0. The number of rotatable bonds is 5. The van der Waals surface area contributed by atoms with Crippen molar-refractivity contribution in [3.63, 3.8) is 0 Å². The molecule has 1 aromatic heterocycles. The molecule has 0 N–H and O–H groups in total. The Bertz CT molecular complexity index is 1100. The molecule has 140 valence electrons. The van der Waals surface area contributed by atoms with E-state index in [1.54, 1.807) is 41.5 Å². The van der Waals surface area contributed by atoms with E-state index in [9.17, 15) is 9.18 Å². The van der Waals surface area contributed by atoms with Gasteiger partial charge in [0, 0.05) is 16.1 Å². The minimum absolute atomic E-state index is 0.0360. The Kier molecular flexibility index (Phi) is 5.13. The zero-order valence-corrected chi connectivity index (χ0v) is 15.7. The summed E-state index contributed by atoms with van der Waals surface area (Å²) in [5.41, 5.74) is 0.835. The molecule has 3 nitrogen and oxygen atoms in total. The van der Waals surface area contributed by atoms with E-state index in [0.29, 0.717) is 11.3 Å². The number of hydrogen-bond acceptors (Lipinski definition) is 2. The molecular formula is C23H17ClFNO2. The second-order valence-corrected chi connectivity index (χ2v) is 6.87. The molecule has 4 aromatic rings. The molecule has 0 atom stereocenters. The summed E-state index contributed by atoms with van der Waals surface area (Å²) >= 11 is 6.20. The van der Waals surface area contributed by atoms with Crippen molar-refractivity contribution >= 4 is 28.3 Å². The zero-order valence-electron chi connectivity index (χ0n) is 14.9. The Morgan fingerprint density at radius 1 is 0.929 bits per heavy atom. The molecule has 0 aliphatic rings. The first kappa shape index (κ1) is 18.3. The molecule has 0 spiro atoms. The van der Waals surface area contributed by atoms with E-state index in [-0.39, 0.29) is 29.6 Å². The van der Waals surface area contributed by atoms with Gasteiger partial charge in [-0.3, -0.25) is 4.79 Å². The number of amides is 1. The fourth-order valence-electron chi connectivity index (χ4n) is 3.25. The normalized spacial score (nSPS) is 10.9. The average Bonchev–Trinajstić information content (AvgIpc) is 3.22. The van der Waals surface area contributed by atoms with Gasteiger partial charge in [0.05, 0.1) is 19.4 Å². The van der Waals surface area contributed by atoms with Gasteiger partial charge >= 0.3 is 0 Å². The molecule has 1 heterocycles. The summed E-state index contributed by atoms with van der Waals surface area (Å²) in [6.45, 7) is 0.244. The van der Waals surface area contributed by atoms with E-state index >= 15 is 0 Å². The molecule has 0 aliphatic carbocycles. The summed E-state index contributed by atoms with van der Waals surface area (Å²) in [6, 6.07) is 21.3. The number of carbonyl (C=O) groups is 1. The van der Waals surface area contributed by atoms with Crippen LogP contribution in [0, 0.1) is 5.82 Å². The maximum absolute atomic E-state index is 14.4. The highest BCUT2D eigenvalue weighted by Crippen LogP contribution is 2.25. The first-order valence-electron chi connectivity index (χ1n) is 8.86. The Morgan fingerprint density at radius 2 is 1.71 bits per heavy atom. The predicted octanol–water partition coefficient (Wildman–Crippen LogP) is 6.07. The van der Waals surface area contributed by atoms with Gasteiger partial charge in [-0.05, 0) is 41.1 Å². The minimum Gasteiger partial charge on any atom is -0.467 e. The molecule has 0 saturated heterocycles. The molecule has 4 rings (SSSR count). The SMILES string of the molecule is O=C(c1cccc2ccccc12)N(Cc1ccco1)Cc1c(F)cccc1Cl. The summed E-state index contributed by atoms with van der Waals surface area (Å²) in [5.74, 6) is -0.0452. The Morgan fingerprint density at radius 3 is 2.50 bits per heavy atom. The summed E-state index contributed by atoms with van der Waals surface area (Å²) in [4.78, 5) is 15.0. The van der Waals surface area contributed by atoms with Crippen LogP contribution in [0.3, 0.4) is 0 Å². The van der Waals surface area contributed by atoms with E-state index in [2.05, 4.69) is 0 Å². The summed E-state index contributed by atoms with van der Waals surface area (Å²) in [6.07, 6.45) is 1.55. The quantitative estimate of drug-likeness (QED) is 0.412. The predicted molar refractivity (Wildman–Crippen MR) is 108 cm³/mol. The number of nitrogens with zero attached hydrogens (tertiary/aromatic N) is 1. The lowest BCUT2D eigenvalue weighted by Crippen LogP contribution is -2.30. The Balaban J connectivity index is 1.75. The van der Waals surface area contributed by atoms with Gasteiger partial charge < -0.3 is 9.32 Å². The van der Waals surface area contributed by atoms with Gasteiger partial charge in [0.15, 0.2) is 0 Å². The first-order valence-corrected chi connectivity index (χ1v) is 9.23. The van der Waals surface area contributed by atoms with Crippen LogP contribution in [-0.4, -0.2) is 10.8 Å². The maximum Gasteiger partial charge on any atom is 0.255 e. The maximum atomic E-state index is 14.4. The third kappa shape index (κ3) is 3.64. The number of benzene rings is 3. The van der Waals surface area contributed by atoms with Gasteiger partial charge in [-0.15, -0.1) is 0 Å². The third-order valence-corrected chi connectivity index (χ3v) is 5.00. The fourth-order valence-corrected chi connectivity index (χ4v) is 3.47. The molecular weight excluding hydrogens is 377 g/mol. The van der Waals surface area contributed by atoms with E-state index in [0.717, 1.165) is 10.8 Å². The topological polar surface area (TPSA) is 33.5 Å². The largest absolute Gasteiger partial charge is 0.467 e. The van der Waals surface area contributed by atoms with Crippen molar-refractivity contribution in [3.8, 4) is 0 Å². The number of furan rings is 1. The molecule has 0 aliphatic heterocycles. The van der Waals surface area contributed by atoms with Crippen LogP contribution in [0.1, 0.15) is 21.7 Å². The van der Waals surface area contributed by atoms with Crippen LogP contribution in [0.15, 0.2) is 83.5 Å². The van der Waals surface area contributed by atoms with Gasteiger partial charge in [0.2, 0.25) is 0 Å². The standard InChI is InChI=1S/C23H17ClFNO2/c24-21-11-4-12-22(25)20(21)15-26(14-17-8-5-13-28-17)23(27)19-10-3-7-16-6-1-2-9-18(16)19/h1-13H,14-15H2. The second-order valence-electron chi connectivity index (χ2n) is 6.47. The van der Waals surface area contributed by atoms with E-state index < -0.39 is 5.82 Å². The van der Waals surface area contributed by atoms with Crippen molar-refractivity contribution in [3.05, 3.63) is 107 Å². The van der Waals surface area contributed by atoms with Crippen molar-refractivity contribution in [1.29, 1.82) is 0 Å². The van der Waals surface area contributed by atoms with Crippen molar-refractivity contribution in [2.75, 3.05) is 0 Å². The third-order valence-electron chi connectivity index (χ3n) is 4.64. The lowest BCUT2D eigenvalue weighted by Gasteiger charge is -2.23. The molecule has 0 unspecified atom stereocenters. The van der Waals surface area contributed by atoms with Crippen LogP contribution < -0.4 is 0 Å². The van der Waals surface area contributed by atoms with Gasteiger partial charge in [-0.25, -0.2) is 4.39 Å². The number of hydrogen-bond donors (Lipinski definition) is 0. The summed E-state index contributed by atoms with van der Waals surface area (Å²) < 4.78 is 19.8. The smallest absolute Gasteiger partial charge is 0.255 e. The van der Waals surface area contributed by atoms with Gasteiger partial charge in [-0.2, -0.15) is 0 Å². The van der Waals surface area contributed by atoms with E-state index in [1.165, 1.54) is 6.07 Å². The highest BCUT2D eigenvalue weighted by Gasteiger charge is 2.22. The van der Waals surface area contributed by atoms with Crippen LogP contribution in [0.5, 0.6) is 0 Å². The molecule has 0 radical (unpaired) electrons. The van der Waals surface area contributed by atoms with Crippen LogP contribution in [0.25, 0.3) is 10.8 Å². The molecule has 3 aromatic carbocycles. The number of halogens is 2. The fraction of sp³-hybridized carbons (Fsp3) is 0.0870. The highest BCUT2D eigenvalue weighted by molar-refractivity contribution is 6.31. The van der Waals surface area contributed by atoms with Crippen LogP contribution in [0.4, 0.5) is 4.39 Å². The van der Waals surface area contributed by atoms with Crippen molar-refractivity contribution in [2.45, 2.75) is 13.1 Å². The average molecular weight is 394 g/mol. The highest BCUT2D eigenvalue weighted by atomic mass is 35.5. The molecule has 5 heteroatoms. The van der Waals surface area contributed by atoms with Crippen LogP contribution in [-0.2, 0) is 13.1 Å². The lowest BCUT2D eigenvalue weighted by atomic mass is 10.0. The zero-order chi connectivity index (χ0) is 19.5. The Hall–Kier alpha value is -3.11. The monoisotopic (exact) mass is 393 g/mol. The van der Waals surface area contributed by atoms with Crippen molar-refractivity contribution < 1.29 is 13.6 Å². The first-order chi connectivity index (χ1) is 13.6. The van der Waals surface area contributed by atoms with Crippen LogP contribution >= 0.6 is 11.6 Å². The summed E-state index contributed by atoms with van der Waals surface area (Å²) in [5, 5.41) is 2.10. The molecule has 0 saturated carbocycles. The molecule has 1 amide bonds. The van der Waals surface area contributed by atoms with Crippen molar-refractivity contribution in [1.82, 2.24) is 4.90 Å². The Labute approximate surface area is 167 Å². The van der Waals surface area contributed by atoms with Gasteiger partial charge in [0.25, 0.3) is 5.91 Å². The van der Waals surface area contributed by atoms with Crippen LogP contribution in [0.2, 0.25) is 5.02 Å².